The van der Waals surface area contributed by atoms with Gasteiger partial charge in [-0.3, -0.25) is 9.59 Å². The third-order valence-corrected chi connectivity index (χ3v) is 4.63. The largest absolute Gasteiger partial charge is 0.492 e. The summed E-state index contributed by atoms with van der Waals surface area (Å²) in [5.74, 6) is 0.775. The van der Waals surface area contributed by atoms with E-state index in [-0.39, 0.29) is 30.3 Å². The number of carbonyl (C=O) groups is 2. The maximum absolute atomic E-state index is 12.2. The summed E-state index contributed by atoms with van der Waals surface area (Å²) in [6.07, 6.45) is 1.29. The van der Waals surface area contributed by atoms with Crippen molar-refractivity contribution >= 4 is 29.9 Å². The summed E-state index contributed by atoms with van der Waals surface area (Å²) >= 11 is 0. The van der Waals surface area contributed by atoms with Gasteiger partial charge in [-0.1, -0.05) is 36.4 Å². The topological polar surface area (TPSA) is 84.7 Å². The Bertz CT molecular complexity index is 785. The van der Waals surface area contributed by atoms with Gasteiger partial charge in [0.1, 0.15) is 12.4 Å². The molecule has 2 aromatic rings. The number of carbonyl (C=O) groups excluding carboxylic acids is 2. The molecule has 3 N–H and O–H groups in total. The molecule has 0 spiro atoms. The van der Waals surface area contributed by atoms with Gasteiger partial charge in [-0.15, -0.1) is 12.4 Å². The number of hydrogen-bond donors (Lipinski definition) is 2. The SMILES string of the molecule is Cl.Nc1ccccc1CCC(=O)NC1CC(=O)N(CCOc2ccccc2)C1. The van der Waals surface area contributed by atoms with E-state index in [1.807, 2.05) is 54.6 Å². The molecular weight excluding hydrogens is 378 g/mol. The molecule has 1 saturated heterocycles. The van der Waals surface area contributed by atoms with Crippen LogP contribution in [0.3, 0.4) is 0 Å². The summed E-state index contributed by atoms with van der Waals surface area (Å²) in [7, 11) is 0. The summed E-state index contributed by atoms with van der Waals surface area (Å²) in [4.78, 5) is 26.1. The molecule has 2 amide bonds. The predicted octanol–water partition coefficient (Wildman–Crippen LogP) is 2.42. The highest BCUT2D eigenvalue weighted by atomic mass is 35.5. The smallest absolute Gasteiger partial charge is 0.224 e. The van der Waals surface area contributed by atoms with Crippen LogP contribution in [-0.2, 0) is 16.0 Å². The summed E-state index contributed by atoms with van der Waals surface area (Å²) in [6.45, 7) is 1.47. The zero-order valence-electron chi connectivity index (χ0n) is 15.7. The number of nitrogens with one attached hydrogen (secondary N) is 1. The number of hydrogen-bond acceptors (Lipinski definition) is 4. The van der Waals surface area contributed by atoms with E-state index in [9.17, 15) is 9.59 Å². The van der Waals surface area contributed by atoms with Crippen molar-refractivity contribution in [3.63, 3.8) is 0 Å². The Labute approximate surface area is 171 Å². The van der Waals surface area contributed by atoms with Crippen LogP contribution in [0.25, 0.3) is 0 Å². The number of amides is 2. The van der Waals surface area contributed by atoms with Gasteiger partial charge in [0.05, 0.1) is 12.6 Å². The second-order valence-corrected chi connectivity index (χ2v) is 6.67. The molecular formula is C21H26ClN3O3. The minimum atomic E-state index is -0.144. The fourth-order valence-electron chi connectivity index (χ4n) is 3.19. The highest BCUT2D eigenvalue weighted by Crippen LogP contribution is 2.15. The molecule has 3 rings (SSSR count). The fraction of sp³-hybridized carbons (Fsp3) is 0.333. The van der Waals surface area contributed by atoms with Gasteiger partial charge in [0.2, 0.25) is 11.8 Å². The van der Waals surface area contributed by atoms with E-state index >= 15 is 0 Å². The van der Waals surface area contributed by atoms with E-state index in [4.69, 9.17) is 10.5 Å². The number of ether oxygens (including phenoxy) is 1. The van der Waals surface area contributed by atoms with Crippen molar-refractivity contribution in [1.82, 2.24) is 10.2 Å². The summed E-state index contributed by atoms with van der Waals surface area (Å²) in [6, 6.07) is 16.9. The van der Waals surface area contributed by atoms with E-state index in [1.54, 1.807) is 4.90 Å². The van der Waals surface area contributed by atoms with Crippen LogP contribution < -0.4 is 15.8 Å². The van der Waals surface area contributed by atoms with Crippen LogP contribution in [0.2, 0.25) is 0 Å². The lowest BCUT2D eigenvalue weighted by Gasteiger charge is -2.17. The van der Waals surface area contributed by atoms with Crippen molar-refractivity contribution in [3.8, 4) is 5.75 Å². The van der Waals surface area contributed by atoms with Crippen LogP contribution in [-0.4, -0.2) is 42.5 Å². The Morgan fingerprint density at radius 1 is 1.14 bits per heavy atom. The van der Waals surface area contributed by atoms with E-state index in [0.29, 0.717) is 44.6 Å². The second kappa shape index (κ2) is 10.6. The quantitative estimate of drug-likeness (QED) is 0.663. The van der Waals surface area contributed by atoms with Crippen molar-refractivity contribution < 1.29 is 14.3 Å². The Morgan fingerprint density at radius 2 is 1.86 bits per heavy atom. The lowest BCUT2D eigenvalue weighted by molar-refractivity contribution is -0.128. The number of nitrogens with zero attached hydrogens (tertiary/aromatic N) is 1. The average Bonchev–Trinajstić information content (AvgIpc) is 3.01. The molecule has 1 atom stereocenters. The van der Waals surface area contributed by atoms with Crippen LogP contribution >= 0.6 is 12.4 Å². The number of anilines is 1. The molecule has 1 unspecified atom stereocenters. The van der Waals surface area contributed by atoms with Crippen molar-refractivity contribution in [3.05, 3.63) is 60.2 Å². The maximum Gasteiger partial charge on any atom is 0.224 e. The Morgan fingerprint density at radius 3 is 2.61 bits per heavy atom. The maximum atomic E-state index is 12.2. The molecule has 1 aliphatic rings. The van der Waals surface area contributed by atoms with Gasteiger partial charge in [0.15, 0.2) is 0 Å². The van der Waals surface area contributed by atoms with Gasteiger partial charge in [0.25, 0.3) is 0 Å². The Hall–Kier alpha value is -2.73. The van der Waals surface area contributed by atoms with Crippen LogP contribution in [0.5, 0.6) is 5.75 Å². The number of benzene rings is 2. The number of likely N-dealkylation sites (tertiary alicyclic amines) is 1. The van der Waals surface area contributed by atoms with Crippen molar-refractivity contribution in [1.29, 1.82) is 0 Å². The summed E-state index contributed by atoms with van der Waals surface area (Å²) in [5.41, 5.74) is 7.57. The first-order valence-corrected chi connectivity index (χ1v) is 9.20. The average molecular weight is 404 g/mol. The van der Waals surface area contributed by atoms with Crippen LogP contribution in [0.4, 0.5) is 5.69 Å². The molecule has 28 heavy (non-hydrogen) atoms. The van der Waals surface area contributed by atoms with Gasteiger partial charge in [0, 0.05) is 25.1 Å². The molecule has 7 heteroatoms. The van der Waals surface area contributed by atoms with Crippen molar-refractivity contribution in [2.45, 2.75) is 25.3 Å². The number of aryl methyl sites for hydroxylation is 1. The Kier molecular flexibility index (Phi) is 8.14. The van der Waals surface area contributed by atoms with Crippen LogP contribution in [0.15, 0.2) is 54.6 Å². The molecule has 1 aliphatic heterocycles. The molecule has 150 valence electrons. The van der Waals surface area contributed by atoms with Gasteiger partial charge in [-0.25, -0.2) is 0 Å². The van der Waals surface area contributed by atoms with E-state index in [0.717, 1.165) is 11.3 Å². The molecule has 0 saturated carbocycles. The molecule has 0 aromatic heterocycles. The van der Waals surface area contributed by atoms with Gasteiger partial charge in [-0.2, -0.15) is 0 Å². The lowest BCUT2D eigenvalue weighted by Crippen LogP contribution is -2.38. The molecule has 1 heterocycles. The predicted molar refractivity (Wildman–Crippen MR) is 111 cm³/mol. The van der Waals surface area contributed by atoms with E-state index in [2.05, 4.69) is 5.32 Å². The van der Waals surface area contributed by atoms with Crippen LogP contribution in [0, 0.1) is 0 Å². The molecule has 0 radical (unpaired) electrons. The third kappa shape index (κ3) is 6.16. The minimum Gasteiger partial charge on any atom is -0.492 e. The van der Waals surface area contributed by atoms with Crippen molar-refractivity contribution in [2.24, 2.45) is 0 Å². The standard InChI is InChI=1S/C21H25N3O3.ClH/c22-19-9-5-4-6-16(19)10-11-20(25)23-17-14-21(26)24(15-17)12-13-27-18-7-2-1-3-8-18;/h1-9,17H,10-15,22H2,(H,23,25);1H. The number of rotatable bonds is 8. The van der Waals surface area contributed by atoms with E-state index in [1.165, 1.54) is 0 Å². The normalized spacial score (nSPS) is 15.8. The van der Waals surface area contributed by atoms with Crippen molar-refractivity contribution in [2.75, 3.05) is 25.4 Å². The highest BCUT2D eigenvalue weighted by molar-refractivity contribution is 5.85. The zero-order chi connectivity index (χ0) is 19.1. The number of nitrogens with two attached hydrogens (primary N) is 1. The summed E-state index contributed by atoms with van der Waals surface area (Å²) < 4.78 is 5.64. The molecule has 6 nitrogen and oxygen atoms in total. The molecule has 1 fully saturated rings. The highest BCUT2D eigenvalue weighted by Gasteiger charge is 2.30. The zero-order valence-corrected chi connectivity index (χ0v) is 16.5. The number of halogens is 1. The number of nitrogen functional groups attached to an aromatic ring is 1. The first kappa shape index (κ1) is 21.6. The first-order valence-electron chi connectivity index (χ1n) is 9.20. The minimum absolute atomic E-state index is 0. The fourth-order valence-corrected chi connectivity index (χ4v) is 3.19. The van der Waals surface area contributed by atoms with Gasteiger partial charge < -0.3 is 20.7 Å². The monoisotopic (exact) mass is 403 g/mol. The third-order valence-electron chi connectivity index (χ3n) is 4.63. The first-order chi connectivity index (χ1) is 13.1. The van der Waals surface area contributed by atoms with Gasteiger partial charge in [-0.05, 0) is 30.2 Å². The van der Waals surface area contributed by atoms with Gasteiger partial charge >= 0.3 is 0 Å². The molecule has 2 aromatic carbocycles. The second-order valence-electron chi connectivity index (χ2n) is 6.67. The molecule has 0 aliphatic carbocycles. The van der Waals surface area contributed by atoms with Crippen LogP contribution in [0.1, 0.15) is 18.4 Å². The Balaban J connectivity index is 0.00000280. The lowest BCUT2D eigenvalue weighted by atomic mass is 10.1. The summed E-state index contributed by atoms with van der Waals surface area (Å²) in [5, 5.41) is 2.95. The van der Waals surface area contributed by atoms with E-state index < -0.39 is 0 Å². The number of para-hydroxylation sites is 2. The molecule has 0 bridgehead atoms.